The zero-order valence-electron chi connectivity index (χ0n) is 7.68. The van der Waals surface area contributed by atoms with Crippen LogP contribution in [0.1, 0.15) is 12.0 Å². The lowest BCUT2D eigenvalue weighted by Gasteiger charge is -2.48. The van der Waals surface area contributed by atoms with Crippen LogP contribution in [0.4, 0.5) is 4.79 Å². The molecule has 3 N–H and O–H groups in total. The summed E-state index contributed by atoms with van der Waals surface area (Å²) in [7, 11) is 0. The van der Waals surface area contributed by atoms with Crippen molar-refractivity contribution in [3.8, 4) is 0 Å². The van der Waals surface area contributed by atoms with Crippen LogP contribution in [0.25, 0.3) is 0 Å². The summed E-state index contributed by atoms with van der Waals surface area (Å²) >= 11 is 0. The minimum absolute atomic E-state index is 0.515. The van der Waals surface area contributed by atoms with E-state index in [1.54, 1.807) is 0 Å². The molecule has 0 aromatic heterocycles. The van der Waals surface area contributed by atoms with Gasteiger partial charge in [0.2, 0.25) is 0 Å². The van der Waals surface area contributed by atoms with Crippen LogP contribution in [0.2, 0.25) is 0 Å². The lowest BCUT2D eigenvalue weighted by molar-refractivity contribution is 0.000565. The monoisotopic (exact) mass is 192 g/mol. The summed E-state index contributed by atoms with van der Waals surface area (Å²) in [6.07, 6.45) is -0.272. The number of benzene rings is 1. The highest BCUT2D eigenvalue weighted by Gasteiger charge is 2.45. The molecule has 1 fully saturated rings. The summed E-state index contributed by atoms with van der Waals surface area (Å²) in [6.45, 7) is 0.515. The maximum Gasteiger partial charge on any atom is 0.409 e. The van der Waals surface area contributed by atoms with Crippen molar-refractivity contribution in [2.75, 3.05) is 6.54 Å². The van der Waals surface area contributed by atoms with E-state index in [1.165, 1.54) is 4.90 Å². The molecule has 0 radical (unpaired) electrons. The molecular formula is C10H12N2O2. The molecule has 0 spiro atoms. The van der Waals surface area contributed by atoms with Crippen LogP contribution in [0.5, 0.6) is 0 Å². The molecule has 1 unspecified atom stereocenters. The van der Waals surface area contributed by atoms with E-state index in [0.29, 0.717) is 13.0 Å². The van der Waals surface area contributed by atoms with Crippen LogP contribution in [-0.4, -0.2) is 22.6 Å². The molecule has 4 heteroatoms. The molecule has 1 heterocycles. The van der Waals surface area contributed by atoms with E-state index in [0.717, 1.165) is 5.56 Å². The maximum absolute atomic E-state index is 10.8. The van der Waals surface area contributed by atoms with Gasteiger partial charge in [-0.2, -0.15) is 0 Å². The third-order valence-corrected chi connectivity index (χ3v) is 2.70. The molecule has 0 aliphatic carbocycles. The molecule has 0 saturated carbocycles. The molecule has 1 atom stereocenters. The van der Waals surface area contributed by atoms with Gasteiger partial charge in [0.1, 0.15) is 5.66 Å². The second kappa shape index (κ2) is 2.99. The molecular weight excluding hydrogens is 180 g/mol. The number of rotatable bonds is 1. The van der Waals surface area contributed by atoms with Gasteiger partial charge in [-0.15, -0.1) is 0 Å². The summed E-state index contributed by atoms with van der Waals surface area (Å²) in [6, 6.07) is 9.32. The van der Waals surface area contributed by atoms with Crippen LogP contribution in [0, 0.1) is 0 Å². The Labute approximate surface area is 81.9 Å². The highest BCUT2D eigenvalue weighted by Crippen LogP contribution is 2.34. The zero-order chi connectivity index (χ0) is 10.2. The Kier molecular flexibility index (Phi) is 1.93. The fraction of sp³-hybridized carbons (Fsp3) is 0.300. The summed E-state index contributed by atoms with van der Waals surface area (Å²) in [5, 5.41) is 8.88. The summed E-state index contributed by atoms with van der Waals surface area (Å²) in [5.74, 6) is 0. The Morgan fingerprint density at radius 1 is 1.43 bits per heavy atom. The lowest BCUT2D eigenvalue weighted by Crippen LogP contribution is -2.64. The van der Waals surface area contributed by atoms with Gasteiger partial charge >= 0.3 is 6.09 Å². The van der Waals surface area contributed by atoms with Crippen LogP contribution in [0.15, 0.2) is 30.3 Å². The number of amides is 1. The van der Waals surface area contributed by atoms with Crippen LogP contribution >= 0.6 is 0 Å². The summed E-state index contributed by atoms with van der Waals surface area (Å²) in [4.78, 5) is 12.1. The smallest absolute Gasteiger partial charge is 0.409 e. The first-order valence-corrected chi connectivity index (χ1v) is 4.49. The fourth-order valence-corrected chi connectivity index (χ4v) is 1.76. The van der Waals surface area contributed by atoms with Gasteiger partial charge in [-0.3, -0.25) is 4.90 Å². The average Bonchev–Trinajstić information content (AvgIpc) is 2.15. The average molecular weight is 192 g/mol. The van der Waals surface area contributed by atoms with Gasteiger partial charge in [-0.1, -0.05) is 30.3 Å². The van der Waals surface area contributed by atoms with Crippen molar-refractivity contribution in [1.82, 2.24) is 4.90 Å². The first kappa shape index (κ1) is 9.02. The van der Waals surface area contributed by atoms with Gasteiger partial charge < -0.3 is 10.8 Å². The quantitative estimate of drug-likeness (QED) is 0.702. The Morgan fingerprint density at radius 2 is 2.07 bits per heavy atom. The highest BCUT2D eigenvalue weighted by molar-refractivity contribution is 5.68. The minimum atomic E-state index is -0.956. The van der Waals surface area contributed by atoms with Gasteiger partial charge in [-0.25, -0.2) is 4.79 Å². The SMILES string of the molecule is NC1(c2ccccc2)CCN1C(=O)O. The molecule has 14 heavy (non-hydrogen) atoms. The Balaban J connectivity index is 2.30. The minimum Gasteiger partial charge on any atom is -0.465 e. The van der Waals surface area contributed by atoms with Crippen molar-refractivity contribution >= 4 is 6.09 Å². The second-order valence-corrected chi connectivity index (χ2v) is 3.47. The number of hydrogen-bond acceptors (Lipinski definition) is 2. The van der Waals surface area contributed by atoms with Crippen LogP contribution in [-0.2, 0) is 5.66 Å². The maximum atomic E-state index is 10.8. The summed E-state index contributed by atoms with van der Waals surface area (Å²) < 4.78 is 0. The molecule has 1 saturated heterocycles. The first-order valence-electron chi connectivity index (χ1n) is 4.49. The van der Waals surface area contributed by atoms with E-state index in [2.05, 4.69) is 0 Å². The summed E-state index contributed by atoms with van der Waals surface area (Å²) in [5.41, 5.74) is 6.06. The van der Waals surface area contributed by atoms with Crippen molar-refractivity contribution in [2.24, 2.45) is 5.73 Å². The molecule has 1 aliphatic rings. The Morgan fingerprint density at radius 3 is 2.50 bits per heavy atom. The first-order chi connectivity index (χ1) is 6.64. The number of likely N-dealkylation sites (tertiary alicyclic amines) is 1. The van der Waals surface area contributed by atoms with E-state index in [9.17, 15) is 4.79 Å². The van der Waals surface area contributed by atoms with E-state index in [4.69, 9.17) is 10.8 Å². The largest absolute Gasteiger partial charge is 0.465 e. The number of nitrogens with zero attached hydrogens (tertiary/aromatic N) is 1. The fourth-order valence-electron chi connectivity index (χ4n) is 1.76. The predicted octanol–water partition coefficient (Wildman–Crippen LogP) is 1.18. The molecule has 4 nitrogen and oxygen atoms in total. The Bertz CT molecular complexity index is 352. The van der Waals surface area contributed by atoms with E-state index in [-0.39, 0.29) is 0 Å². The molecule has 1 aromatic carbocycles. The molecule has 0 bridgehead atoms. The van der Waals surface area contributed by atoms with Crippen molar-refractivity contribution in [1.29, 1.82) is 0 Å². The van der Waals surface area contributed by atoms with E-state index >= 15 is 0 Å². The van der Waals surface area contributed by atoms with Crippen molar-refractivity contribution < 1.29 is 9.90 Å². The van der Waals surface area contributed by atoms with Crippen molar-refractivity contribution in [2.45, 2.75) is 12.1 Å². The molecule has 1 amide bonds. The highest BCUT2D eigenvalue weighted by atomic mass is 16.4. The normalized spacial score (nSPS) is 25.6. The standard InChI is InChI=1S/C10H12N2O2/c11-10(6-7-12(10)9(13)14)8-4-2-1-3-5-8/h1-5H,6-7,11H2,(H,13,14). The van der Waals surface area contributed by atoms with Crippen molar-refractivity contribution in [3.63, 3.8) is 0 Å². The van der Waals surface area contributed by atoms with Gasteiger partial charge in [0.15, 0.2) is 0 Å². The third kappa shape index (κ3) is 1.15. The van der Waals surface area contributed by atoms with Gasteiger partial charge in [0.05, 0.1) is 0 Å². The molecule has 1 aliphatic heterocycles. The predicted molar refractivity (Wildman–Crippen MR) is 51.7 cm³/mol. The van der Waals surface area contributed by atoms with Gasteiger partial charge in [0.25, 0.3) is 0 Å². The van der Waals surface area contributed by atoms with Gasteiger partial charge in [0, 0.05) is 13.0 Å². The number of hydrogen-bond donors (Lipinski definition) is 2. The van der Waals surface area contributed by atoms with Crippen molar-refractivity contribution in [3.05, 3.63) is 35.9 Å². The zero-order valence-corrected chi connectivity index (χ0v) is 7.68. The van der Waals surface area contributed by atoms with Crippen LogP contribution in [0.3, 0.4) is 0 Å². The van der Waals surface area contributed by atoms with Crippen LogP contribution < -0.4 is 5.73 Å². The van der Waals surface area contributed by atoms with Gasteiger partial charge in [-0.05, 0) is 5.56 Å². The number of carbonyl (C=O) groups is 1. The lowest BCUT2D eigenvalue weighted by atomic mass is 9.88. The number of nitrogens with two attached hydrogens (primary N) is 1. The molecule has 2 rings (SSSR count). The molecule has 74 valence electrons. The second-order valence-electron chi connectivity index (χ2n) is 3.47. The Hall–Kier alpha value is -1.55. The molecule has 1 aromatic rings. The van der Waals surface area contributed by atoms with E-state index in [1.807, 2.05) is 30.3 Å². The third-order valence-electron chi connectivity index (χ3n) is 2.70. The number of carboxylic acid groups (broad SMARTS) is 1. The topological polar surface area (TPSA) is 66.6 Å². The van der Waals surface area contributed by atoms with E-state index < -0.39 is 11.8 Å².